The van der Waals surface area contributed by atoms with Gasteiger partial charge < -0.3 is 5.32 Å². The summed E-state index contributed by atoms with van der Waals surface area (Å²) in [7, 11) is 0. The van der Waals surface area contributed by atoms with Crippen molar-refractivity contribution in [3.05, 3.63) is 63.1 Å². The zero-order valence-electron chi connectivity index (χ0n) is 11.1. The number of aromatic nitrogens is 2. The molecule has 2 aromatic carbocycles. The molecular formula is C14H9BrN4O2S. The lowest BCUT2D eigenvalue weighted by atomic mass is 10.2. The maximum Gasteiger partial charge on any atom is 0.270 e. The van der Waals surface area contributed by atoms with E-state index in [2.05, 4.69) is 31.4 Å². The van der Waals surface area contributed by atoms with E-state index in [1.807, 2.05) is 24.3 Å². The highest BCUT2D eigenvalue weighted by Gasteiger charge is 2.11. The summed E-state index contributed by atoms with van der Waals surface area (Å²) in [6, 6.07) is 14.0. The molecule has 0 aliphatic heterocycles. The van der Waals surface area contributed by atoms with Gasteiger partial charge in [0.2, 0.25) is 5.13 Å². The Morgan fingerprint density at radius 3 is 2.64 bits per heavy atom. The first-order valence-corrected chi connectivity index (χ1v) is 7.84. The van der Waals surface area contributed by atoms with Gasteiger partial charge in [-0.15, -0.1) is 10.2 Å². The van der Waals surface area contributed by atoms with E-state index < -0.39 is 4.92 Å². The number of benzene rings is 2. The Kier molecular flexibility index (Phi) is 4.12. The number of rotatable bonds is 4. The third kappa shape index (κ3) is 3.29. The number of halogens is 1. The molecule has 0 atom stereocenters. The summed E-state index contributed by atoms with van der Waals surface area (Å²) in [6.07, 6.45) is 0. The van der Waals surface area contributed by atoms with Gasteiger partial charge in [0.25, 0.3) is 5.69 Å². The zero-order chi connectivity index (χ0) is 15.5. The van der Waals surface area contributed by atoms with Crippen molar-refractivity contribution in [1.82, 2.24) is 10.2 Å². The largest absolute Gasteiger partial charge is 0.330 e. The van der Waals surface area contributed by atoms with Crippen molar-refractivity contribution in [2.24, 2.45) is 0 Å². The number of nitro benzene ring substituents is 1. The van der Waals surface area contributed by atoms with Crippen molar-refractivity contribution in [3.63, 3.8) is 0 Å². The van der Waals surface area contributed by atoms with Crippen LogP contribution < -0.4 is 5.32 Å². The summed E-state index contributed by atoms with van der Waals surface area (Å²) >= 11 is 4.71. The molecule has 0 saturated carbocycles. The van der Waals surface area contributed by atoms with Gasteiger partial charge in [0, 0.05) is 27.9 Å². The predicted octanol–water partition coefficient (Wildman–Crippen LogP) is 4.62. The van der Waals surface area contributed by atoms with Gasteiger partial charge in [0.05, 0.1) is 4.92 Å². The number of anilines is 2. The summed E-state index contributed by atoms with van der Waals surface area (Å²) in [5, 5.41) is 23.4. The molecule has 8 heteroatoms. The molecule has 3 rings (SSSR count). The molecule has 0 amide bonds. The topological polar surface area (TPSA) is 81.0 Å². The number of nitro groups is 1. The van der Waals surface area contributed by atoms with Gasteiger partial charge in [-0.1, -0.05) is 39.4 Å². The van der Waals surface area contributed by atoms with E-state index >= 15 is 0 Å². The van der Waals surface area contributed by atoms with Crippen LogP contribution in [0.5, 0.6) is 0 Å². The maximum atomic E-state index is 10.8. The predicted molar refractivity (Wildman–Crippen MR) is 89.4 cm³/mol. The Morgan fingerprint density at radius 2 is 1.91 bits per heavy atom. The van der Waals surface area contributed by atoms with Gasteiger partial charge in [-0.25, -0.2) is 0 Å². The quantitative estimate of drug-likeness (QED) is 0.530. The minimum atomic E-state index is -0.425. The molecule has 0 radical (unpaired) electrons. The molecule has 1 N–H and O–H groups in total. The van der Waals surface area contributed by atoms with E-state index in [-0.39, 0.29) is 5.69 Å². The van der Waals surface area contributed by atoms with Crippen LogP contribution in [0, 0.1) is 10.1 Å². The lowest BCUT2D eigenvalue weighted by molar-refractivity contribution is -0.384. The molecule has 110 valence electrons. The van der Waals surface area contributed by atoms with E-state index in [9.17, 15) is 10.1 Å². The summed E-state index contributed by atoms with van der Waals surface area (Å²) in [6.45, 7) is 0. The average Bonchev–Trinajstić information content (AvgIpc) is 2.98. The van der Waals surface area contributed by atoms with E-state index in [0.29, 0.717) is 15.7 Å². The SMILES string of the molecule is O=[N+]([O-])c1cccc(-c2nnc(Nc3ccc(Br)cc3)s2)c1. The van der Waals surface area contributed by atoms with Gasteiger partial charge in [-0.3, -0.25) is 10.1 Å². The summed E-state index contributed by atoms with van der Waals surface area (Å²) in [5.74, 6) is 0. The van der Waals surface area contributed by atoms with E-state index in [1.54, 1.807) is 12.1 Å². The van der Waals surface area contributed by atoms with Gasteiger partial charge in [-0.2, -0.15) is 0 Å². The van der Waals surface area contributed by atoms with Crippen LogP contribution in [0.3, 0.4) is 0 Å². The molecule has 0 bridgehead atoms. The highest BCUT2D eigenvalue weighted by Crippen LogP contribution is 2.30. The maximum absolute atomic E-state index is 10.8. The van der Waals surface area contributed by atoms with Gasteiger partial charge in [0.15, 0.2) is 0 Å². The fraction of sp³-hybridized carbons (Fsp3) is 0. The van der Waals surface area contributed by atoms with Crippen LogP contribution >= 0.6 is 27.3 Å². The fourth-order valence-electron chi connectivity index (χ4n) is 1.80. The summed E-state index contributed by atoms with van der Waals surface area (Å²) in [4.78, 5) is 10.4. The van der Waals surface area contributed by atoms with Crippen molar-refractivity contribution in [2.45, 2.75) is 0 Å². The molecule has 3 aromatic rings. The Balaban J connectivity index is 1.83. The second kappa shape index (κ2) is 6.20. The lowest BCUT2D eigenvalue weighted by Gasteiger charge is -2.00. The highest BCUT2D eigenvalue weighted by molar-refractivity contribution is 9.10. The number of nitrogens with one attached hydrogen (secondary N) is 1. The Morgan fingerprint density at radius 1 is 1.14 bits per heavy atom. The molecule has 0 aliphatic rings. The van der Waals surface area contributed by atoms with Crippen molar-refractivity contribution in [3.8, 4) is 10.6 Å². The van der Waals surface area contributed by atoms with Crippen molar-refractivity contribution in [1.29, 1.82) is 0 Å². The standard InChI is InChI=1S/C14H9BrN4O2S/c15-10-4-6-11(7-5-10)16-14-18-17-13(22-14)9-2-1-3-12(8-9)19(20)21/h1-8H,(H,16,18). The van der Waals surface area contributed by atoms with Gasteiger partial charge >= 0.3 is 0 Å². The van der Waals surface area contributed by atoms with Crippen LogP contribution in [0.1, 0.15) is 0 Å². The van der Waals surface area contributed by atoms with Gasteiger partial charge in [0.1, 0.15) is 5.01 Å². The Bertz CT molecular complexity index is 820. The van der Waals surface area contributed by atoms with Crippen LogP contribution in [0.2, 0.25) is 0 Å². The molecule has 22 heavy (non-hydrogen) atoms. The molecule has 0 spiro atoms. The fourth-order valence-corrected chi connectivity index (χ4v) is 2.82. The molecule has 1 heterocycles. The summed E-state index contributed by atoms with van der Waals surface area (Å²) < 4.78 is 0.993. The zero-order valence-corrected chi connectivity index (χ0v) is 13.5. The monoisotopic (exact) mass is 376 g/mol. The van der Waals surface area contributed by atoms with Gasteiger partial charge in [-0.05, 0) is 24.3 Å². The highest BCUT2D eigenvalue weighted by atomic mass is 79.9. The molecule has 0 saturated heterocycles. The first-order valence-electron chi connectivity index (χ1n) is 6.23. The molecule has 0 aliphatic carbocycles. The van der Waals surface area contributed by atoms with Crippen molar-refractivity contribution in [2.75, 3.05) is 5.32 Å². The number of hydrogen-bond donors (Lipinski definition) is 1. The number of nitrogens with zero attached hydrogens (tertiary/aromatic N) is 3. The van der Waals surface area contributed by atoms with Crippen LogP contribution in [-0.2, 0) is 0 Å². The molecular weight excluding hydrogens is 368 g/mol. The van der Waals surface area contributed by atoms with E-state index in [0.717, 1.165) is 10.2 Å². The average molecular weight is 377 g/mol. The van der Waals surface area contributed by atoms with E-state index in [4.69, 9.17) is 0 Å². The van der Waals surface area contributed by atoms with Crippen LogP contribution in [0.15, 0.2) is 53.0 Å². The van der Waals surface area contributed by atoms with Crippen molar-refractivity contribution >= 4 is 43.8 Å². The Labute approximate surface area is 138 Å². The third-order valence-electron chi connectivity index (χ3n) is 2.82. The van der Waals surface area contributed by atoms with Crippen LogP contribution in [0.25, 0.3) is 10.6 Å². The molecule has 0 unspecified atom stereocenters. The first-order chi connectivity index (χ1) is 10.6. The second-order valence-corrected chi connectivity index (χ2v) is 6.24. The van der Waals surface area contributed by atoms with Crippen LogP contribution in [-0.4, -0.2) is 15.1 Å². The molecule has 1 aromatic heterocycles. The molecule has 6 nitrogen and oxygen atoms in total. The minimum absolute atomic E-state index is 0.0371. The molecule has 0 fully saturated rings. The first kappa shape index (κ1) is 14.6. The minimum Gasteiger partial charge on any atom is -0.330 e. The summed E-state index contributed by atoms with van der Waals surface area (Å²) in [5.41, 5.74) is 1.61. The van der Waals surface area contributed by atoms with Crippen molar-refractivity contribution < 1.29 is 4.92 Å². The normalized spacial score (nSPS) is 10.4. The smallest absolute Gasteiger partial charge is 0.270 e. The lowest BCUT2D eigenvalue weighted by Crippen LogP contribution is -1.88. The van der Waals surface area contributed by atoms with Crippen LogP contribution in [0.4, 0.5) is 16.5 Å². The number of hydrogen-bond acceptors (Lipinski definition) is 6. The second-order valence-electron chi connectivity index (χ2n) is 4.35. The van der Waals surface area contributed by atoms with E-state index in [1.165, 1.54) is 23.5 Å². The third-order valence-corrected chi connectivity index (χ3v) is 4.24. The Hall–Kier alpha value is -2.32. The number of non-ortho nitro benzene ring substituents is 1.